The average molecular weight is 276 g/mol. The number of rotatable bonds is 0. The van der Waals surface area contributed by atoms with Crippen molar-refractivity contribution in [3.05, 3.63) is 66.5 Å². The van der Waals surface area contributed by atoms with E-state index in [9.17, 15) is 9.59 Å². The Morgan fingerprint density at radius 1 is 0.714 bits per heavy atom. The summed E-state index contributed by atoms with van der Waals surface area (Å²) in [7, 11) is 0. The Bertz CT molecular complexity index is 999. The molecular weight excluding hydrogens is 260 g/mol. The van der Waals surface area contributed by atoms with Gasteiger partial charge in [0.15, 0.2) is 0 Å². The maximum atomic E-state index is 12.0. The predicted molar refractivity (Wildman–Crippen MR) is 85.9 cm³/mol. The van der Waals surface area contributed by atoms with Crippen LogP contribution in [0, 0.1) is 20.8 Å². The van der Waals surface area contributed by atoms with Crippen LogP contribution in [0.3, 0.4) is 0 Å². The van der Waals surface area contributed by atoms with E-state index in [2.05, 4.69) is 32.0 Å². The molecule has 0 aliphatic heterocycles. The average Bonchev–Trinajstić information content (AvgIpc) is 2.44. The molecule has 0 N–H and O–H groups in total. The quantitative estimate of drug-likeness (QED) is 0.591. The van der Waals surface area contributed by atoms with Gasteiger partial charge in [0, 0.05) is 10.8 Å². The van der Waals surface area contributed by atoms with Gasteiger partial charge in [-0.15, -0.1) is 0 Å². The van der Waals surface area contributed by atoms with Gasteiger partial charge >= 0.3 is 0 Å². The van der Waals surface area contributed by atoms with Crippen LogP contribution in [0.25, 0.3) is 21.9 Å². The van der Waals surface area contributed by atoms with Gasteiger partial charge in [0.2, 0.25) is 10.9 Å². The maximum absolute atomic E-state index is 12.0. The molecule has 2 nitrogen and oxygen atoms in total. The Hall–Kier alpha value is -2.22. The fourth-order valence-electron chi connectivity index (χ4n) is 3.89. The molecular formula is C19H16O2. The summed E-state index contributed by atoms with van der Waals surface area (Å²) in [5, 5.41) is 1.35. The highest BCUT2D eigenvalue weighted by Crippen LogP contribution is 2.39. The summed E-state index contributed by atoms with van der Waals surface area (Å²) in [6.07, 6.45) is 1.80. The normalized spacial score (nSPS) is 13.5. The van der Waals surface area contributed by atoms with Crippen LogP contribution in [-0.2, 0) is 12.8 Å². The van der Waals surface area contributed by atoms with E-state index in [0.717, 1.165) is 29.5 Å². The molecule has 0 bridgehead atoms. The molecule has 1 aliphatic rings. The molecule has 0 saturated carbocycles. The first kappa shape index (κ1) is 12.5. The highest BCUT2D eigenvalue weighted by molar-refractivity contribution is 5.99. The summed E-state index contributed by atoms with van der Waals surface area (Å²) < 4.78 is 0. The van der Waals surface area contributed by atoms with Crippen molar-refractivity contribution in [1.29, 1.82) is 0 Å². The fourth-order valence-corrected chi connectivity index (χ4v) is 3.89. The summed E-state index contributed by atoms with van der Waals surface area (Å²) >= 11 is 0. The molecule has 0 saturated heterocycles. The highest BCUT2D eigenvalue weighted by atomic mass is 16.2. The smallest absolute Gasteiger partial charge is 0.234 e. The molecule has 0 heterocycles. The lowest BCUT2D eigenvalue weighted by Crippen LogP contribution is -2.33. The Morgan fingerprint density at radius 3 is 2.10 bits per heavy atom. The standard InChI is InChI=1S/C19H16O2/c1-9-6-10(2)12-4-5-13-15(14(12)7-9)8-11(3)16-17(13)19(21)18(16)20/h6-8H,4-5H2,1-3H3. The van der Waals surface area contributed by atoms with Crippen LogP contribution in [0.15, 0.2) is 27.8 Å². The maximum Gasteiger partial charge on any atom is 0.234 e. The van der Waals surface area contributed by atoms with E-state index in [4.69, 9.17) is 0 Å². The van der Waals surface area contributed by atoms with E-state index in [1.54, 1.807) is 0 Å². The Labute approximate surface area is 122 Å². The van der Waals surface area contributed by atoms with E-state index in [-0.39, 0.29) is 10.9 Å². The van der Waals surface area contributed by atoms with Crippen LogP contribution in [0.5, 0.6) is 0 Å². The highest BCUT2D eigenvalue weighted by Gasteiger charge is 2.26. The first-order valence-electron chi connectivity index (χ1n) is 7.35. The molecule has 0 fully saturated rings. The zero-order valence-electron chi connectivity index (χ0n) is 12.5. The SMILES string of the molecule is Cc1cc(C)c2c(c1)-c1cc(C)c3c(=O)c(=O)c3c1CC2. The van der Waals surface area contributed by atoms with Crippen molar-refractivity contribution in [3.8, 4) is 11.1 Å². The van der Waals surface area contributed by atoms with Crippen molar-refractivity contribution < 1.29 is 0 Å². The Balaban J connectivity index is 2.15. The number of aryl methyl sites for hydroxylation is 4. The lowest BCUT2D eigenvalue weighted by Gasteiger charge is -2.25. The first-order valence-corrected chi connectivity index (χ1v) is 7.35. The summed E-state index contributed by atoms with van der Waals surface area (Å²) in [5.41, 5.74) is 7.74. The van der Waals surface area contributed by atoms with Gasteiger partial charge in [-0.3, -0.25) is 9.59 Å². The van der Waals surface area contributed by atoms with Crippen LogP contribution in [0.4, 0.5) is 0 Å². The second-order valence-electron chi connectivity index (χ2n) is 6.24. The van der Waals surface area contributed by atoms with E-state index in [1.807, 2.05) is 6.92 Å². The summed E-state index contributed by atoms with van der Waals surface area (Å²) in [6, 6.07) is 6.51. The lowest BCUT2D eigenvalue weighted by atomic mass is 9.78. The molecule has 1 aliphatic carbocycles. The topological polar surface area (TPSA) is 34.1 Å². The van der Waals surface area contributed by atoms with Crippen LogP contribution in [-0.4, -0.2) is 0 Å². The largest absolute Gasteiger partial charge is 0.285 e. The number of benzene rings is 2. The van der Waals surface area contributed by atoms with Crippen molar-refractivity contribution in [1.82, 2.24) is 0 Å². The Morgan fingerprint density at radius 2 is 1.33 bits per heavy atom. The van der Waals surface area contributed by atoms with Crippen LogP contribution < -0.4 is 10.9 Å². The molecule has 4 rings (SSSR count). The van der Waals surface area contributed by atoms with E-state index in [0.29, 0.717) is 10.8 Å². The van der Waals surface area contributed by atoms with E-state index >= 15 is 0 Å². The van der Waals surface area contributed by atoms with Gasteiger partial charge in [-0.05, 0) is 67.0 Å². The molecule has 0 unspecified atom stereocenters. The Kier molecular flexibility index (Phi) is 2.33. The number of hydrogen-bond donors (Lipinski definition) is 0. The van der Waals surface area contributed by atoms with Crippen LogP contribution >= 0.6 is 0 Å². The second-order valence-corrected chi connectivity index (χ2v) is 6.24. The monoisotopic (exact) mass is 276 g/mol. The van der Waals surface area contributed by atoms with E-state index in [1.165, 1.54) is 22.3 Å². The van der Waals surface area contributed by atoms with Crippen LogP contribution in [0.2, 0.25) is 0 Å². The molecule has 0 atom stereocenters. The van der Waals surface area contributed by atoms with Crippen molar-refractivity contribution >= 4 is 10.8 Å². The van der Waals surface area contributed by atoms with Gasteiger partial charge in [-0.25, -0.2) is 0 Å². The second kappa shape index (κ2) is 3.91. The third kappa shape index (κ3) is 1.48. The van der Waals surface area contributed by atoms with Crippen molar-refractivity contribution in [3.63, 3.8) is 0 Å². The molecule has 0 amide bonds. The zero-order chi connectivity index (χ0) is 14.9. The first-order chi connectivity index (χ1) is 9.99. The van der Waals surface area contributed by atoms with Gasteiger partial charge < -0.3 is 0 Å². The van der Waals surface area contributed by atoms with Gasteiger partial charge in [0.05, 0.1) is 0 Å². The van der Waals surface area contributed by atoms with Crippen molar-refractivity contribution in [2.24, 2.45) is 0 Å². The molecule has 3 aromatic carbocycles. The molecule has 21 heavy (non-hydrogen) atoms. The summed E-state index contributed by atoms with van der Waals surface area (Å²) in [5.74, 6) is 0. The molecule has 104 valence electrons. The van der Waals surface area contributed by atoms with Gasteiger partial charge in [0.1, 0.15) is 0 Å². The minimum Gasteiger partial charge on any atom is -0.285 e. The van der Waals surface area contributed by atoms with Gasteiger partial charge in [-0.2, -0.15) is 0 Å². The van der Waals surface area contributed by atoms with Crippen molar-refractivity contribution in [2.75, 3.05) is 0 Å². The van der Waals surface area contributed by atoms with Gasteiger partial charge in [0.25, 0.3) is 0 Å². The third-order valence-electron chi connectivity index (χ3n) is 4.82. The van der Waals surface area contributed by atoms with Crippen molar-refractivity contribution in [2.45, 2.75) is 33.6 Å². The van der Waals surface area contributed by atoms with Gasteiger partial charge in [-0.1, -0.05) is 23.8 Å². The summed E-state index contributed by atoms with van der Waals surface area (Å²) in [4.78, 5) is 23.7. The fraction of sp³-hybridized carbons (Fsp3) is 0.263. The molecule has 0 aromatic heterocycles. The molecule has 2 heteroatoms. The third-order valence-corrected chi connectivity index (χ3v) is 4.82. The minimum absolute atomic E-state index is 0.294. The summed E-state index contributed by atoms with van der Waals surface area (Å²) in [6.45, 7) is 6.18. The number of fused-ring (bicyclic) bond motifs is 5. The molecule has 0 radical (unpaired) electrons. The minimum atomic E-state index is -0.309. The van der Waals surface area contributed by atoms with Crippen LogP contribution in [0.1, 0.15) is 27.8 Å². The van der Waals surface area contributed by atoms with E-state index < -0.39 is 0 Å². The zero-order valence-corrected chi connectivity index (χ0v) is 12.5. The molecule has 0 spiro atoms. The number of hydrogen-bond acceptors (Lipinski definition) is 2. The lowest BCUT2D eigenvalue weighted by molar-refractivity contribution is 0.935. The predicted octanol–water partition coefficient (Wildman–Crippen LogP) is 3.13. The molecule has 3 aromatic rings.